The first-order chi connectivity index (χ1) is 19.0. The molecule has 0 spiro atoms. The van der Waals surface area contributed by atoms with Crippen LogP contribution in [0.4, 0.5) is 14.5 Å². The van der Waals surface area contributed by atoms with Gasteiger partial charge in [-0.25, -0.2) is 13.6 Å². The summed E-state index contributed by atoms with van der Waals surface area (Å²) in [4.78, 5) is 50.6. The molecule has 0 radical (unpaired) electrons. The van der Waals surface area contributed by atoms with Crippen molar-refractivity contribution < 1.29 is 33.1 Å². The molecule has 2 atom stereocenters. The van der Waals surface area contributed by atoms with E-state index in [9.17, 15) is 28.7 Å². The minimum absolute atomic E-state index is 0.0978. The van der Waals surface area contributed by atoms with Crippen LogP contribution in [0.3, 0.4) is 0 Å². The topological polar surface area (TPSA) is 148 Å². The number of amides is 3. The highest BCUT2D eigenvalue weighted by Crippen LogP contribution is 2.33. The number of benzene rings is 2. The maximum atomic E-state index is 15.4. The van der Waals surface area contributed by atoms with Gasteiger partial charge in [0.2, 0.25) is 11.8 Å². The van der Waals surface area contributed by atoms with Crippen LogP contribution >= 0.6 is 22.9 Å². The summed E-state index contributed by atoms with van der Waals surface area (Å²) in [6.45, 7) is -0.914. The van der Waals surface area contributed by atoms with Gasteiger partial charge in [0.15, 0.2) is 11.5 Å². The number of aromatic nitrogens is 2. The summed E-state index contributed by atoms with van der Waals surface area (Å²) >= 11 is 6.97. The summed E-state index contributed by atoms with van der Waals surface area (Å²) < 4.78 is 31.1. The number of halogens is 3. The number of carboxylic acids is 1. The summed E-state index contributed by atoms with van der Waals surface area (Å²) in [6.07, 6.45) is -1.83. The Morgan fingerprint density at radius 1 is 1.15 bits per heavy atom. The summed E-state index contributed by atoms with van der Waals surface area (Å²) in [5.74, 6) is -4.42. The molecule has 0 aliphatic carbocycles. The van der Waals surface area contributed by atoms with Gasteiger partial charge in [-0.15, -0.1) is 11.3 Å². The van der Waals surface area contributed by atoms with Gasteiger partial charge in [-0.2, -0.15) is 5.10 Å². The molecular weight excluding hydrogens is 568 g/mol. The largest absolute Gasteiger partial charge is 0.477 e. The molecule has 3 heterocycles. The van der Waals surface area contributed by atoms with Crippen LogP contribution in [0.15, 0.2) is 48.5 Å². The minimum Gasteiger partial charge on any atom is -0.477 e. The number of thiophene rings is 1. The SMILES string of the molecule is NC(=O)c1nn(CC(=O)N2C[C@H](F)C[C@H]2C(=O)Nc2cccc(-c3ccccc3Cl)c2F)c2cc(C(=O)O)sc12. The number of fused-ring (bicyclic) bond motifs is 1. The van der Waals surface area contributed by atoms with Gasteiger partial charge < -0.3 is 21.1 Å². The highest BCUT2D eigenvalue weighted by Gasteiger charge is 2.40. The Morgan fingerprint density at radius 2 is 1.88 bits per heavy atom. The Balaban J connectivity index is 1.39. The number of carbonyl (C=O) groups excluding carboxylic acids is 3. The zero-order chi connectivity index (χ0) is 28.7. The van der Waals surface area contributed by atoms with Gasteiger partial charge >= 0.3 is 5.97 Å². The van der Waals surface area contributed by atoms with Crippen LogP contribution in [0, 0.1) is 5.82 Å². The Kier molecular flexibility index (Phi) is 7.25. The van der Waals surface area contributed by atoms with Gasteiger partial charge in [0, 0.05) is 22.6 Å². The summed E-state index contributed by atoms with van der Waals surface area (Å²) in [7, 11) is 0. The zero-order valence-corrected chi connectivity index (χ0v) is 22.0. The lowest BCUT2D eigenvalue weighted by molar-refractivity contribution is -0.137. The number of nitrogens with two attached hydrogens (primary N) is 1. The molecule has 0 saturated carbocycles. The van der Waals surface area contributed by atoms with Crippen LogP contribution in [0.25, 0.3) is 21.3 Å². The van der Waals surface area contributed by atoms with Crippen molar-refractivity contribution in [3.05, 3.63) is 69.9 Å². The molecule has 0 bridgehead atoms. The number of nitrogens with zero attached hydrogens (tertiary/aromatic N) is 3. The molecule has 1 aliphatic rings. The van der Waals surface area contributed by atoms with Crippen molar-refractivity contribution in [3.8, 4) is 11.1 Å². The second-order valence-electron chi connectivity index (χ2n) is 9.03. The predicted molar refractivity (Wildman–Crippen MR) is 144 cm³/mol. The third-order valence-corrected chi connectivity index (χ3v) is 7.90. The van der Waals surface area contributed by atoms with E-state index in [1.807, 2.05) is 0 Å². The van der Waals surface area contributed by atoms with Gasteiger partial charge in [0.05, 0.1) is 22.4 Å². The maximum absolute atomic E-state index is 15.4. The standard InChI is InChI=1S/C26H20ClF2N5O5S/c27-15-6-2-1-4-13(15)14-5-3-7-16(21(14)29)31-25(37)18-8-12(28)10-33(18)20(35)11-34-17-9-19(26(38)39)40-23(17)22(32-34)24(30)36/h1-7,9,12,18H,8,10-11H2,(H2,30,36)(H,31,37)(H,38,39)/t12-,18+/m1/s1. The van der Waals surface area contributed by atoms with Crippen molar-refractivity contribution in [3.63, 3.8) is 0 Å². The number of alkyl halides is 1. The van der Waals surface area contributed by atoms with Crippen LogP contribution in [0.1, 0.15) is 26.6 Å². The quantitative estimate of drug-likeness (QED) is 0.298. The van der Waals surface area contributed by atoms with E-state index in [-0.39, 0.29) is 38.5 Å². The molecule has 2 aromatic heterocycles. The van der Waals surface area contributed by atoms with Crippen LogP contribution in [-0.4, -0.2) is 62.2 Å². The summed E-state index contributed by atoms with van der Waals surface area (Å²) in [5, 5.41) is 16.1. The molecule has 4 aromatic rings. The van der Waals surface area contributed by atoms with Gasteiger partial charge in [0.1, 0.15) is 23.6 Å². The van der Waals surface area contributed by atoms with E-state index in [0.717, 1.165) is 20.9 Å². The van der Waals surface area contributed by atoms with E-state index in [2.05, 4.69) is 10.4 Å². The van der Waals surface area contributed by atoms with E-state index in [1.54, 1.807) is 24.3 Å². The number of hydrogen-bond acceptors (Lipinski definition) is 6. The lowest BCUT2D eigenvalue weighted by Crippen LogP contribution is -2.44. The van der Waals surface area contributed by atoms with E-state index in [4.69, 9.17) is 17.3 Å². The second-order valence-corrected chi connectivity index (χ2v) is 10.5. The predicted octanol–water partition coefficient (Wildman–Crippen LogP) is 3.93. The summed E-state index contributed by atoms with van der Waals surface area (Å²) in [6, 6.07) is 11.0. The first-order valence-corrected chi connectivity index (χ1v) is 13.1. The molecule has 3 amide bonds. The Hall–Kier alpha value is -4.36. The van der Waals surface area contributed by atoms with Gasteiger partial charge in [0.25, 0.3) is 5.91 Å². The van der Waals surface area contributed by atoms with Crippen molar-refractivity contribution >= 4 is 62.5 Å². The number of carbonyl (C=O) groups is 4. The van der Waals surface area contributed by atoms with Crippen molar-refractivity contribution in [1.29, 1.82) is 0 Å². The Morgan fingerprint density at radius 3 is 2.58 bits per heavy atom. The highest BCUT2D eigenvalue weighted by atomic mass is 35.5. The van der Waals surface area contributed by atoms with Gasteiger partial charge in [-0.1, -0.05) is 41.9 Å². The van der Waals surface area contributed by atoms with Crippen molar-refractivity contribution in [2.45, 2.75) is 25.2 Å². The van der Waals surface area contributed by atoms with Crippen molar-refractivity contribution in [2.75, 3.05) is 11.9 Å². The van der Waals surface area contributed by atoms with Crippen LogP contribution in [-0.2, 0) is 16.1 Å². The summed E-state index contributed by atoms with van der Waals surface area (Å²) in [5.41, 5.74) is 5.72. The molecule has 40 heavy (non-hydrogen) atoms. The fraction of sp³-hybridized carbons (Fsp3) is 0.192. The van der Waals surface area contributed by atoms with Crippen LogP contribution in [0.2, 0.25) is 5.02 Å². The molecule has 1 saturated heterocycles. The van der Waals surface area contributed by atoms with E-state index < -0.39 is 54.8 Å². The smallest absolute Gasteiger partial charge is 0.345 e. The Labute approximate surface area is 233 Å². The first kappa shape index (κ1) is 27.2. The third-order valence-electron chi connectivity index (χ3n) is 6.45. The normalized spacial score (nSPS) is 16.8. The molecule has 2 aromatic carbocycles. The number of aromatic carboxylic acids is 1. The number of anilines is 1. The van der Waals surface area contributed by atoms with E-state index >= 15 is 4.39 Å². The number of primary amides is 1. The highest BCUT2D eigenvalue weighted by molar-refractivity contribution is 7.21. The zero-order valence-electron chi connectivity index (χ0n) is 20.4. The first-order valence-electron chi connectivity index (χ1n) is 11.9. The number of hydrogen-bond donors (Lipinski definition) is 3. The number of likely N-dealkylation sites (tertiary alicyclic amines) is 1. The molecule has 14 heteroatoms. The average Bonchev–Trinajstić information content (AvgIpc) is 3.60. The molecule has 10 nitrogen and oxygen atoms in total. The van der Waals surface area contributed by atoms with Gasteiger partial charge in [-0.05, 0) is 18.2 Å². The lowest BCUT2D eigenvalue weighted by Gasteiger charge is -2.24. The van der Waals surface area contributed by atoms with Crippen molar-refractivity contribution in [1.82, 2.24) is 14.7 Å². The molecular formula is C26H20ClF2N5O5S. The monoisotopic (exact) mass is 587 g/mol. The molecule has 0 unspecified atom stereocenters. The van der Waals surface area contributed by atoms with Crippen LogP contribution in [0.5, 0.6) is 0 Å². The second kappa shape index (κ2) is 10.7. The number of carboxylic acid groups (broad SMARTS) is 1. The van der Waals surface area contributed by atoms with Crippen LogP contribution < -0.4 is 11.1 Å². The van der Waals surface area contributed by atoms with Crippen molar-refractivity contribution in [2.24, 2.45) is 5.73 Å². The molecule has 4 N–H and O–H groups in total. The number of nitrogens with one attached hydrogen (secondary N) is 1. The van der Waals surface area contributed by atoms with E-state index in [0.29, 0.717) is 10.6 Å². The maximum Gasteiger partial charge on any atom is 0.345 e. The number of rotatable bonds is 7. The fourth-order valence-corrected chi connectivity index (χ4v) is 5.83. The third kappa shape index (κ3) is 5.00. The fourth-order valence-electron chi connectivity index (χ4n) is 4.61. The molecule has 206 valence electrons. The Bertz CT molecular complexity index is 1690. The van der Waals surface area contributed by atoms with E-state index in [1.165, 1.54) is 24.3 Å². The lowest BCUT2D eigenvalue weighted by atomic mass is 10.0. The molecule has 1 aliphatic heterocycles. The van der Waals surface area contributed by atoms with Gasteiger partial charge in [-0.3, -0.25) is 19.1 Å². The molecule has 1 fully saturated rings. The average molecular weight is 588 g/mol. The minimum atomic E-state index is -1.52. The molecule has 5 rings (SSSR count).